The molecule has 2 rings (SSSR count). The van der Waals surface area contributed by atoms with Gasteiger partial charge in [0.25, 0.3) is 0 Å². The van der Waals surface area contributed by atoms with Gasteiger partial charge in [-0.1, -0.05) is 44.2 Å². The van der Waals surface area contributed by atoms with Crippen molar-refractivity contribution < 1.29 is 0 Å². The van der Waals surface area contributed by atoms with E-state index in [9.17, 15) is 0 Å². The van der Waals surface area contributed by atoms with E-state index in [1.54, 1.807) is 0 Å². The standard InChI is InChI=1S/C18H31N3/c1-5-19-18(17-10-8-7-9-11-17)16(4)21-13-12-20(6-2)15(3)14-21/h7-11,15-16,18-19H,5-6,12-14H2,1-4H3. The molecule has 1 N–H and O–H groups in total. The number of piperazine rings is 1. The fourth-order valence-corrected chi connectivity index (χ4v) is 3.52. The normalized spacial score (nSPS) is 23.9. The van der Waals surface area contributed by atoms with Gasteiger partial charge in [-0.2, -0.15) is 0 Å². The molecule has 0 aromatic heterocycles. The van der Waals surface area contributed by atoms with Crippen molar-refractivity contribution >= 4 is 0 Å². The molecular weight excluding hydrogens is 258 g/mol. The second-order valence-corrected chi connectivity index (χ2v) is 6.16. The fourth-order valence-electron chi connectivity index (χ4n) is 3.52. The van der Waals surface area contributed by atoms with Crippen LogP contribution in [0.5, 0.6) is 0 Å². The van der Waals surface area contributed by atoms with Gasteiger partial charge in [-0.3, -0.25) is 9.80 Å². The maximum Gasteiger partial charge on any atom is 0.0475 e. The van der Waals surface area contributed by atoms with Gasteiger partial charge in [-0.15, -0.1) is 0 Å². The van der Waals surface area contributed by atoms with E-state index in [0.29, 0.717) is 18.1 Å². The molecule has 118 valence electrons. The third kappa shape index (κ3) is 4.06. The van der Waals surface area contributed by atoms with Crippen molar-refractivity contribution in [1.82, 2.24) is 15.1 Å². The summed E-state index contributed by atoms with van der Waals surface area (Å²) in [6.07, 6.45) is 0. The van der Waals surface area contributed by atoms with Gasteiger partial charge in [0.1, 0.15) is 0 Å². The maximum absolute atomic E-state index is 3.68. The summed E-state index contributed by atoms with van der Waals surface area (Å²) in [7, 11) is 0. The van der Waals surface area contributed by atoms with Gasteiger partial charge in [0, 0.05) is 37.8 Å². The summed E-state index contributed by atoms with van der Waals surface area (Å²) >= 11 is 0. The highest BCUT2D eigenvalue weighted by Gasteiger charge is 2.29. The zero-order valence-corrected chi connectivity index (χ0v) is 14.0. The third-order valence-corrected chi connectivity index (χ3v) is 4.84. The van der Waals surface area contributed by atoms with Crippen molar-refractivity contribution in [2.45, 2.75) is 45.8 Å². The van der Waals surface area contributed by atoms with Gasteiger partial charge < -0.3 is 5.32 Å². The Bertz CT molecular complexity index is 406. The Hall–Kier alpha value is -0.900. The van der Waals surface area contributed by atoms with E-state index in [1.807, 2.05) is 0 Å². The number of likely N-dealkylation sites (N-methyl/N-ethyl adjacent to an activating group) is 2. The van der Waals surface area contributed by atoms with E-state index < -0.39 is 0 Å². The molecule has 0 radical (unpaired) electrons. The summed E-state index contributed by atoms with van der Waals surface area (Å²) in [5.74, 6) is 0. The van der Waals surface area contributed by atoms with Crippen molar-refractivity contribution in [2.75, 3.05) is 32.7 Å². The van der Waals surface area contributed by atoms with Gasteiger partial charge >= 0.3 is 0 Å². The number of rotatable bonds is 6. The Kier molecular flexibility index (Phi) is 6.22. The minimum absolute atomic E-state index is 0.413. The van der Waals surface area contributed by atoms with Crippen molar-refractivity contribution in [3.63, 3.8) is 0 Å². The lowest BCUT2D eigenvalue weighted by molar-refractivity contribution is 0.0516. The molecule has 3 unspecified atom stereocenters. The molecule has 1 aliphatic heterocycles. The van der Waals surface area contributed by atoms with Crippen molar-refractivity contribution in [3.05, 3.63) is 35.9 Å². The van der Waals surface area contributed by atoms with Crippen molar-refractivity contribution in [3.8, 4) is 0 Å². The van der Waals surface area contributed by atoms with Gasteiger partial charge in [0.05, 0.1) is 0 Å². The lowest BCUT2D eigenvalue weighted by Crippen LogP contribution is -2.56. The maximum atomic E-state index is 3.68. The summed E-state index contributed by atoms with van der Waals surface area (Å²) < 4.78 is 0. The Balaban J connectivity index is 2.07. The molecule has 0 spiro atoms. The van der Waals surface area contributed by atoms with Crippen molar-refractivity contribution in [1.29, 1.82) is 0 Å². The summed E-state index contributed by atoms with van der Waals surface area (Å²) in [5, 5.41) is 3.68. The molecule has 21 heavy (non-hydrogen) atoms. The zero-order valence-electron chi connectivity index (χ0n) is 14.0. The Morgan fingerprint density at radius 3 is 2.48 bits per heavy atom. The van der Waals surface area contributed by atoms with Gasteiger partial charge in [-0.05, 0) is 32.5 Å². The smallest absolute Gasteiger partial charge is 0.0475 e. The van der Waals surface area contributed by atoms with E-state index in [0.717, 1.165) is 6.54 Å². The first-order valence-corrected chi connectivity index (χ1v) is 8.43. The van der Waals surface area contributed by atoms with Crippen molar-refractivity contribution in [2.24, 2.45) is 0 Å². The summed E-state index contributed by atoms with van der Waals surface area (Å²) in [4.78, 5) is 5.23. The lowest BCUT2D eigenvalue weighted by atomic mass is 9.97. The summed E-state index contributed by atoms with van der Waals surface area (Å²) in [5.41, 5.74) is 1.40. The number of hydrogen-bond acceptors (Lipinski definition) is 3. The number of nitrogens with one attached hydrogen (secondary N) is 1. The van der Waals surface area contributed by atoms with Crippen LogP contribution in [0.4, 0.5) is 0 Å². The molecule has 0 amide bonds. The van der Waals surface area contributed by atoms with Gasteiger partial charge in [0.2, 0.25) is 0 Å². The quantitative estimate of drug-likeness (QED) is 0.869. The molecule has 1 saturated heterocycles. The molecule has 1 aromatic carbocycles. The molecular formula is C18H31N3. The highest BCUT2D eigenvalue weighted by atomic mass is 15.3. The van der Waals surface area contributed by atoms with Gasteiger partial charge in [0.15, 0.2) is 0 Å². The third-order valence-electron chi connectivity index (χ3n) is 4.84. The monoisotopic (exact) mass is 289 g/mol. The zero-order chi connectivity index (χ0) is 15.2. The van der Waals surface area contributed by atoms with E-state index in [1.165, 1.54) is 31.7 Å². The van der Waals surface area contributed by atoms with Gasteiger partial charge in [-0.25, -0.2) is 0 Å². The van der Waals surface area contributed by atoms with Crippen LogP contribution in [0, 0.1) is 0 Å². The van der Waals surface area contributed by atoms with Crippen LogP contribution >= 0.6 is 0 Å². The molecule has 1 fully saturated rings. The SMILES string of the molecule is CCNC(c1ccccc1)C(C)N1CCN(CC)C(C)C1. The highest BCUT2D eigenvalue weighted by molar-refractivity contribution is 5.20. The minimum Gasteiger partial charge on any atom is -0.309 e. The second-order valence-electron chi connectivity index (χ2n) is 6.16. The number of benzene rings is 1. The summed E-state index contributed by atoms with van der Waals surface area (Å²) in [6, 6.07) is 12.5. The minimum atomic E-state index is 0.413. The Labute approximate surface area is 130 Å². The first-order chi connectivity index (χ1) is 10.2. The van der Waals surface area contributed by atoms with Crippen LogP contribution < -0.4 is 5.32 Å². The molecule has 3 heteroatoms. The molecule has 0 saturated carbocycles. The van der Waals surface area contributed by atoms with Crippen LogP contribution in [-0.4, -0.2) is 54.6 Å². The average Bonchev–Trinajstić information content (AvgIpc) is 2.52. The number of nitrogens with zero attached hydrogens (tertiary/aromatic N) is 2. The summed E-state index contributed by atoms with van der Waals surface area (Å²) in [6.45, 7) is 14.9. The van der Waals surface area contributed by atoms with Crippen LogP contribution in [0.15, 0.2) is 30.3 Å². The fraction of sp³-hybridized carbons (Fsp3) is 0.667. The van der Waals surface area contributed by atoms with Crippen LogP contribution in [0.25, 0.3) is 0 Å². The van der Waals surface area contributed by atoms with Crippen LogP contribution in [0.1, 0.15) is 39.3 Å². The highest BCUT2D eigenvalue weighted by Crippen LogP contribution is 2.23. The predicted molar refractivity (Wildman–Crippen MR) is 90.6 cm³/mol. The van der Waals surface area contributed by atoms with Crippen LogP contribution in [0.3, 0.4) is 0 Å². The average molecular weight is 289 g/mol. The molecule has 0 aliphatic carbocycles. The van der Waals surface area contributed by atoms with E-state index in [4.69, 9.17) is 0 Å². The molecule has 0 bridgehead atoms. The van der Waals surface area contributed by atoms with E-state index in [-0.39, 0.29) is 0 Å². The second kappa shape index (κ2) is 7.92. The molecule has 1 aliphatic rings. The predicted octanol–water partition coefficient (Wildman–Crippen LogP) is 2.75. The Morgan fingerprint density at radius 1 is 1.19 bits per heavy atom. The topological polar surface area (TPSA) is 18.5 Å². The first kappa shape index (κ1) is 16.5. The number of hydrogen-bond donors (Lipinski definition) is 1. The lowest BCUT2D eigenvalue weighted by Gasteiger charge is -2.44. The first-order valence-electron chi connectivity index (χ1n) is 8.43. The molecule has 1 aromatic rings. The molecule has 3 atom stereocenters. The van der Waals surface area contributed by atoms with E-state index >= 15 is 0 Å². The van der Waals surface area contributed by atoms with E-state index in [2.05, 4.69) is 73.1 Å². The Morgan fingerprint density at radius 2 is 1.90 bits per heavy atom. The molecule has 1 heterocycles. The van der Waals surface area contributed by atoms with Crippen LogP contribution in [-0.2, 0) is 0 Å². The molecule has 3 nitrogen and oxygen atoms in total. The van der Waals surface area contributed by atoms with Crippen LogP contribution in [0.2, 0.25) is 0 Å². The largest absolute Gasteiger partial charge is 0.309 e.